The lowest BCUT2D eigenvalue weighted by Crippen LogP contribution is -2.12. The van der Waals surface area contributed by atoms with E-state index >= 15 is 0 Å². The van der Waals surface area contributed by atoms with Crippen LogP contribution in [0.15, 0.2) is 18.3 Å². The second kappa shape index (κ2) is 5.44. The normalized spacial score (nSPS) is 10.4. The summed E-state index contributed by atoms with van der Waals surface area (Å²) in [6.45, 7) is 4.12. The van der Waals surface area contributed by atoms with Gasteiger partial charge in [0.15, 0.2) is 0 Å². The van der Waals surface area contributed by atoms with Gasteiger partial charge >= 0.3 is 0 Å². The zero-order valence-corrected chi connectivity index (χ0v) is 8.96. The molecule has 0 aliphatic rings. The molecule has 0 aliphatic heterocycles. The van der Waals surface area contributed by atoms with E-state index < -0.39 is 5.95 Å². The first-order chi connectivity index (χ1) is 7.08. The number of carbonyl (C=O) groups excluding carboxylic acids is 1. The Morgan fingerprint density at radius 1 is 1.53 bits per heavy atom. The smallest absolute Gasteiger partial charge is 0.224 e. The first kappa shape index (κ1) is 11.6. The number of nitrogens with zero attached hydrogens (tertiary/aromatic N) is 1. The maximum absolute atomic E-state index is 12.5. The molecule has 1 heterocycles. The quantitative estimate of drug-likeness (QED) is 0.776. The molecule has 0 aliphatic carbocycles. The van der Waals surface area contributed by atoms with Crippen LogP contribution in [-0.2, 0) is 4.79 Å². The average Bonchev–Trinajstić information content (AvgIpc) is 2.19. The van der Waals surface area contributed by atoms with E-state index in [4.69, 9.17) is 0 Å². The first-order valence-electron chi connectivity index (χ1n) is 4.99. The molecule has 0 spiro atoms. The van der Waals surface area contributed by atoms with Gasteiger partial charge in [0.2, 0.25) is 11.9 Å². The van der Waals surface area contributed by atoms with Crippen LogP contribution in [0, 0.1) is 11.9 Å². The molecule has 1 rings (SSSR count). The molecule has 0 aromatic carbocycles. The van der Waals surface area contributed by atoms with Crippen molar-refractivity contribution in [3.05, 3.63) is 24.3 Å². The molecule has 15 heavy (non-hydrogen) atoms. The first-order valence-corrected chi connectivity index (χ1v) is 4.99. The van der Waals surface area contributed by atoms with Gasteiger partial charge in [-0.15, -0.1) is 0 Å². The molecule has 82 valence electrons. The van der Waals surface area contributed by atoms with E-state index in [0.29, 0.717) is 18.0 Å². The third kappa shape index (κ3) is 4.54. The lowest BCUT2D eigenvalue weighted by Gasteiger charge is -2.06. The van der Waals surface area contributed by atoms with Crippen molar-refractivity contribution < 1.29 is 9.18 Å². The van der Waals surface area contributed by atoms with Crippen molar-refractivity contribution in [2.75, 3.05) is 5.32 Å². The van der Waals surface area contributed by atoms with Crippen LogP contribution >= 0.6 is 0 Å². The number of nitrogens with one attached hydrogen (secondary N) is 1. The van der Waals surface area contributed by atoms with Crippen LogP contribution in [0.1, 0.15) is 26.7 Å². The van der Waals surface area contributed by atoms with Crippen molar-refractivity contribution >= 4 is 11.6 Å². The lowest BCUT2D eigenvalue weighted by atomic mass is 10.1. The van der Waals surface area contributed by atoms with Gasteiger partial charge in [0, 0.05) is 6.42 Å². The van der Waals surface area contributed by atoms with Crippen LogP contribution in [0.2, 0.25) is 0 Å². The Morgan fingerprint density at radius 2 is 2.27 bits per heavy atom. The van der Waals surface area contributed by atoms with E-state index in [1.807, 2.05) is 0 Å². The van der Waals surface area contributed by atoms with Gasteiger partial charge in [-0.2, -0.15) is 4.39 Å². The van der Waals surface area contributed by atoms with E-state index in [9.17, 15) is 9.18 Å². The number of halogens is 1. The molecular formula is C11H15FN2O. The van der Waals surface area contributed by atoms with Crippen LogP contribution in [-0.4, -0.2) is 10.9 Å². The summed E-state index contributed by atoms with van der Waals surface area (Å²) in [7, 11) is 0. The molecule has 1 N–H and O–H groups in total. The van der Waals surface area contributed by atoms with Gasteiger partial charge in [0.05, 0.1) is 11.9 Å². The van der Waals surface area contributed by atoms with Crippen LogP contribution in [0.25, 0.3) is 0 Å². The highest BCUT2D eigenvalue weighted by Gasteiger charge is 2.04. The second-order valence-corrected chi connectivity index (χ2v) is 3.85. The average molecular weight is 210 g/mol. The summed E-state index contributed by atoms with van der Waals surface area (Å²) in [4.78, 5) is 14.8. The molecule has 0 atom stereocenters. The summed E-state index contributed by atoms with van der Waals surface area (Å²) >= 11 is 0. The fourth-order valence-electron chi connectivity index (χ4n) is 1.09. The highest BCUT2D eigenvalue weighted by atomic mass is 19.1. The zero-order valence-electron chi connectivity index (χ0n) is 8.96. The standard InChI is InChI=1S/C11H15FN2O/c1-8(2)3-6-11(15)14-9-4-5-10(12)13-7-9/h4-5,7-8H,3,6H2,1-2H3,(H,14,15). The summed E-state index contributed by atoms with van der Waals surface area (Å²) in [6, 6.07) is 2.72. The number of hydrogen-bond donors (Lipinski definition) is 1. The van der Waals surface area contributed by atoms with Gasteiger partial charge in [0.1, 0.15) is 0 Å². The molecule has 1 amide bonds. The summed E-state index contributed by atoms with van der Waals surface area (Å²) in [6.07, 6.45) is 2.64. The number of hydrogen-bond acceptors (Lipinski definition) is 2. The molecule has 0 fully saturated rings. The molecule has 0 saturated heterocycles. The predicted octanol–water partition coefficient (Wildman–Crippen LogP) is 2.60. The molecule has 1 aromatic rings. The second-order valence-electron chi connectivity index (χ2n) is 3.85. The zero-order chi connectivity index (χ0) is 11.3. The monoisotopic (exact) mass is 210 g/mol. The Kier molecular flexibility index (Phi) is 4.21. The summed E-state index contributed by atoms with van der Waals surface area (Å²) in [5, 5.41) is 2.66. The van der Waals surface area contributed by atoms with Crippen molar-refractivity contribution in [1.82, 2.24) is 4.98 Å². The van der Waals surface area contributed by atoms with Crippen molar-refractivity contribution in [3.8, 4) is 0 Å². The van der Waals surface area contributed by atoms with Crippen LogP contribution < -0.4 is 5.32 Å². The summed E-state index contributed by atoms with van der Waals surface area (Å²) in [5.41, 5.74) is 0.533. The fourth-order valence-corrected chi connectivity index (χ4v) is 1.09. The van der Waals surface area contributed by atoms with Crippen molar-refractivity contribution in [3.63, 3.8) is 0 Å². The maximum Gasteiger partial charge on any atom is 0.224 e. The van der Waals surface area contributed by atoms with Gasteiger partial charge in [-0.25, -0.2) is 4.98 Å². The third-order valence-corrected chi connectivity index (χ3v) is 1.96. The fraction of sp³-hybridized carbons (Fsp3) is 0.455. The highest BCUT2D eigenvalue weighted by Crippen LogP contribution is 2.08. The van der Waals surface area contributed by atoms with Crippen molar-refractivity contribution in [2.45, 2.75) is 26.7 Å². The van der Waals surface area contributed by atoms with E-state index in [1.165, 1.54) is 18.3 Å². The van der Waals surface area contributed by atoms with E-state index in [-0.39, 0.29) is 5.91 Å². The Labute approximate surface area is 88.7 Å². The maximum atomic E-state index is 12.5. The summed E-state index contributed by atoms with van der Waals surface area (Å²) in [5.74, 6) is -0.102. The van der Waals surface area contributed by atoms with Gasteiger partial charge in [-0.3, -0.25) is 4.79 Å². The third-order valence-electron chi connectivity index (χ3n) is 1.96. The Morgan fingerprint density at radius 3 is 2.80 bits per heavy atom. The Hall–Kier alpha value is -1.45. The minimum absolute atomic E-state index is 0.0582. The van der Waals surface area contributed by atoms with E-state index in [1.54, 1.807) is 0 Å². The molecule has 0 saturated carbocycles. The van der Waals surface area contributed by atoms with Crippen LogP contribution in [0.4, 0.5) is 10.1 Å². The number of aromatic nitrogens is 1. The van der Waals surface area contributed by atoms with Crippen molar-refractivity contribution in [2.24, 2.45) is 5.92 Å². The molecule has 3 nitrogen and oxygen atoms in total. The minimum atomic E-state index is -0.546. The molecule has 4 heteroatoms. The lowest BCUT2D eigenvalue weighted by molar-refractivity contribution is -0.116. The number of pyridine rings is 1. The highest BCUT2D eigenvalue weighted by molar-refractivity contribution is 5.90. The van der Waals surface area contributed by atoms with E-state index in [0.717, 1.165) is 6.42 Å². The SMILES string of the molecule is CC(C)CCC(=O)Nc1ccc(F)nc1. The number of rotatable bonds is 4. The Balaban J connectivity index is 2.41. The predicted molar refractivity (Wildman–Crippen MR) is 56.9 cm³/mol. The largest absolute Gasteiger partial charge is 0.325 e. The molecule has 0 unspecified atom stereocenters. The number of anilines is 1. The number of carbonyl (C=O) groups is 1. The van der Waals surface area contributed by atoms with Gasteiger partial charge < -0.3 is 5.32 Å². The van der Waals surface area contributed by atoms with E-state index in [2.05, 4.69) is 24.1 Å². The van der Waals surface area contributed by atoms with Gasteiger partial charge in [-0.1, -0.05) is 13.8 Å². The Bertz CT molecular complexity index is 322. The van der Waals surface area contributed by atoms with Crippen LogP contribution in [0.5, 0.6) is 0 Å². The number of amides is 1. The minimum Gasteiger partial charge on any atom is -0.325 e. The molecule has 0 bridgehead atoms. The molecule has 1 aromatic heterocycles. The van der Waals surface area contributed by atoms with Gasteiger partial charge in [0.25, 0.3) is 0 Å². The molecular weight excluding hydrogens is 195 g/mol. The molecule has 0 radical (unpaired) electrons. The van der Waals surface area contributed by atoms with Gasteiger partial charge in [-0.05, 0) is 24.5 Å². The topological polar surface area (TPSA) is 42.0 Å². The van der Waals surface area contributed by atoms with Crippen LogP contribution in [0.3, 0.4) is 0 Å². The van der Waals surface area contributed by atoms with Crippen molar-refractivity contribution in [1.29, 1.82) is 0 Å². The summed E-state index contributed by atoms with van der Waals surface area (Å²) < 4.78 is 12.5.